The Morgan fingerprint density at radius 2 is 1.65 bits per heavy atom. The monoisotopic (exact) mass is 742 g/mol. The first-order valence-electron chi connectivity index (χ1n) is 16.6. The lowest BCUT2D eigenvalue weighted by Crippen LogP contribution is -2.65. The van der Waals surface area contributed by atoms with Crippen molar-refractivity contribution in [2.45, 2.75) is 56.9 Å². The molecule has 6 aromatic rings. The number of H-pyrrole nitrogens is 1. The Morgan fingerprint density at radius 1 is 0.926 bits per heavy atom. The number of aryl methyl sites for hydroxylation is 2. The number of nitrogens with one attached hydrogen (secondary N) is 1. The van der Waals surface area contributed by atoms with E-state index in [0.717, 1.165) is 22.1 Å². The van der Waals surface area contributed by atoms with Crippen LogP contribution in [0, 0.1) is 13.8 Å². The number of carbonyl (C=O) groups excluding carboxylic acids is 1. The van der Waals surface area contributed by atoms with Crippen LogP contribution in [0.2, 0.25) is 0 Å². The van der Waals surface area contributed by atoms with Gasteiger partial charge in [0.25, 0.3) is 0 Å². The molecule has 1 aliphatic rings. The Balaban J connectivity index is 1.25. The zero-order chi connectivity index (χ0) is 38.4. The van der Waals surface area contributed by atoms with Gasteiger partial charge in [-0.05, 0) is 61.9 Å². The normalized spacial score (nSPS) is 21.1. The van der Waals surface area contributed by atoms with Crippen molar-refractivity contribution in [2.24, 2.45) is 0 Å². The Morgan fingerprint density at radius 3 is 2.35 bits per heavy atom. The number of aliphatic carboxylic acids is 1. The summed E-state index contributed by atoms with van der Waals surface area (Å²) in [6.07, 6.45) is -9.55. The molecule has 16 nitrogen and oxygen atoms in total. The first-order valence-corrected chi connectivity index (χ1v) is 16.6. The molecule has 7 N–H and O–H groups in total. The van der Waals surface area contributed by atoms with Crippen molar-refractivity contribution < 1.29 is 63.7 Å². The number of aromatic amines is 1. The van der Waals surface area contributed by atoms with E-state index < -0.39 is 55.0 Å². The van der Waals surface area contributed by atoms with E-state index in [1.165, 1.54) is 41.3 Å². The van der Waals surface area contributed by atoms with E-state index in [9.17, 15) is 39.9 Å². The molecular weight excluding hydrogens is 708 g/mol. The molecule has 280 valence electrons. The number of esters is 1. The third kappa shape index (κ3) is 6.87. The minimum absolute atomic E-state index is 0.0193. The van der Waals surface area contributed by atoms with Crippen molar-refractivity contribution in [3.05, 3.63) is 107 Å². The molecule has 16 heteroatoms. The van der Waals surface area contributed by atoms with Gasteiger partial charge in [-0.25, -0.2) is 9.59 Å². The lowest BCUT2D eigenvalue weighted by atomic mass is 9.98. The second kappa shape index (κ2) is 14.3. The van der Waals surface area contributed by atoms with Crippen molar-refractivity contribution in [3.63, 3.8) is 0 Å². The van der Waals surface area contributed by atoms with Crippen molar-refractivity contribution >= 4 is 33.8 Å². The van der Waals surface area contributed by atoms with Crippen LogP contribution in [0.3, 0.4) is 0 Å². The van der Waals surface area contributed by atoms with Gasteiger partial charge in [-0.1, -0.05) is 29.3 Å². The summed E-state index contributed by atoms with van der Waals surface area (Å²) in [6, 6.07) is 17.9. The fraction of sp³-hybridized carbons (Fsp3) is 0.237. The highest BCUT2D eigenvalue weighted by atomic mass is 16.8. The molecule has 3 aromatic carbocycles. The molecule has 54 heavy (non-hydrogen) atoms. The van der Waals surface area contributed by atoms with Crippen LogP contribution in [-0.2, 0) is 19.1 Å². The lowest BCUT2D eigenvalue weighted by molar-refractivity contribution is -0.318. The molecule has 0 aliphatic carbocycles. The molecule has 0 radical (unpaired) electrons. The number of aliphatic hydroxyl groups is 4. The summed E-state index contributed by atoms with van der Waals surface area (Å²) in [6.45, 7) is 3.87. The SMILES string of the molecule is Cc1cc(C)cc(-c2c3[nH]ccc3cn2OC2C(Oc3ccc4c(=O)c(-c5ccc(O)cc5)coc4c3)OC(C(O)OC(=O)C(O)C(=O)O)C(O)C2O)c1. The number of aromatic nitrogens is 2. The van der Waals surface area contributed by atoms with Crippen LogP contribution in [0.15, 0.2) is 94.6 Å². The van der Waals surface area contributed by atoms with Gasteiger partial charge in [-0.2, -0.15) is 4.73 Å². The largest absolute Gasteiger partial charge is 0.508 e. The number of carboxylic acids is 1. The third-order valence-electron chi connectivity index (χ3n) is 8.96. The third-order valence-corrected chi connectivity index (χ3v) is 8.96. The van der Waals surface area contributed by atoms with Gasteiger partial charge in [-0.3, -0.25) is 4.79 Å². The highest BCUT2D eigenvalue weighted by Gasteiger charge is 2.52. The Bertz CT molecular complexity index is 2390. The minimum Gasteiger partial charge on any atom is -0.508 e. The summed E-state index contributed by atoms with van der Waals surface area (Å²) < 4.78 is 23.8. The van der Waals surface area contributed by atoms with Crippen LogP contribution >= 0.6 is 0 Å². The fourth-order valence-electron chi connectivity index (χ4n) is 6.41. The fourth-order valence-corrected chi connectivity index (χ4v) is 6.41. The van der Waals surface area contributed by atoms with E-state index >= 15 is 0 Å². The van der Waals surface area contributed by atoms with Crippen molar-refractivity contribution in [3.8, 4) is 33.9 Å². The van der Waals surface area contributed by atoms with Gasteiger partial charge in [0.05, 0.1) is 22.7 Å². The molecule has 1 aliphatic heterocycles. The molecule has 7 unspecified atom stereocenters. The predicted molar refractivity (Wildman–Crippen MR) is 188 cm³/mol. The molecule has 4 heterocycles. The van der Waals surface area contributed by atoms with Gasteiger partial charge >= 0.3 is 11.9 Å². The maximum absolute atomic E-state index is 13.4. The van der Waals surface area contributed by atoms with Gasteiger partial charge in [0.2, 0.25) is 24.8 Å². The second-order valence-corrected chi connectivity index (χ2v) is 12.9. The first-order chi connectivity index (χ1) is 25.8. The standard InChI is InChI=1S/C38H34N2O14/c1-17-11-18(2)13-21(12-17)28-27-20(9-10-39-27)15-40(28)54-34-31(44)30(43)33(37(49)53-36(48)32(45)35(46)47)52-38(34)51-23-7-8-24-26(14-23)50-16-25(29(24)42)19-3-5-22(41)6-4-19/h3-16,30-34,37-39,41,43-45,49H,1-2H3,(H,46,47). The van der Waals surface area contributed by atoms with Gasteiger partial charge in [-0.15, -0.1) is 0 Å². The number of aliphatic hydroxyl groups excluding tert-OH is 4. The highest BCUT2D eigenvalue weighted by Crippen LogP contribution is 2.34. The molecule has 3 aromatic heterocycles. The molecule has 1 fully saturated rings. The zero-order valence-corrected chi connectivity index (χ0v) is 28.5. The molecule has 0 saturated carbocycles. The molecule has 0 amide bonds. The lowest BCUT2D eigenvalue weighted by Gasteiger charge is -2.42. The number of rotatable bonds is 10. The number of fused-ring (bicyclic) bond motifs is 2. The van der Waals surface area contributed by atoms with Crippen LogP contribution in [0.1, 0.15) is 11.1 Å². The smallest absolute Gasteiger partial charge is 0.349 e. The quantitative estimate of drug-likeness (QED) is 0.0606. The predicted octanol–water partition coefficient (Wildman–Crippen LogP) is 2.36. The summed E-state index contributed by atoms with van der Waals surface area (Å²) in [5.74, 6) is -3.66. The number of aromatic hydroxyl groups is 1. The zero-order valence-electron chi connectivity index (χ0n) is 28.5. The van der Waals surface area contributed by atoms with E-state index in [4.69, 9.17) is 23.8 Å². The maximum Gasteiger partial charge on any atom is 0.349 e. The molecule has 1 saturated heterocycles. The van der Waals surface area contributed by atoms with Gasteiger partial charge in [0.15, 0.2) is 11.5 Å². The van der Waals surface area contributed by atoms with Crippen LogP contribution in [0.4, 0.5) is 0 Å². The maximum atomic E-state index is 13.4. The average molecular weight is 743 g/mol. The first kappa shape index (κ1) is 36.2. The van der Waals surface area contributed by atoms with Gasteiger partial charge in [0, 0.05) is 23.2 Å². The number of carboxylic acid groups (broad SMARTS) is 1. The topological polar surface area (TPSA) is 243 Å². The van der Waals surface area contributed by atoms with Crippen LogP contribution in [0.5, 0.6) is 11.5 Å². The molecular formula is C38H34N2O14. The van der Waals surface area contributed by atoms with Crippen LogP contribution < -0.4 is 15.0 Å². The van der Waals surface area contributed by atoms with Gasteiger partial charge in [0.1, 0.15) is 41.2 Å². The highest BCUT2D eigenvalue weighted by molar-refractivity contribution is 5.96. The Kier molecular flexibility index (Phi) is 9.61. The number of hydrogen-bond acceptors (Lipinski definition) is 13. The van der Waals surface area contributed by atoms with E-state index in [2.05, 4.69) is 9.72 Å². The number of phenols is 1. The summed E-state index contributed by atoms with van der Waals surface area (Å²) in [4.78, 5) is 46.1. The number of benzene rings is 3. The van der Waals surface area contributed by atoms with Gasteiger partial charge < -0.3 is 59.1 Å². The Hall–Kier alpha value is -6.17. The summed E-state index contributed by atoms with van der Waals surface area (Å²) in [7, 11) is 0. The summed E-state index contributed by atoms with van der Waals surface area (Å²) >= 11 is 0. The average Bonchev–Trinajstić information content (AvgIpc) is 3.72. The van der Waals surface area contributed by atoms with Crippen molar-refractivity contribution in [1.82, 2.24) is 9.71 Å². The number of hydrogen-bond donors (Lipinski definition) is 7. The molecule has 7 rings (SSSR count). The number of phenolic OH excluding ortho intramolecular Hbond substituents is 1. The van der Waals surface area contributed by atoms with Crippen molar-refractivity contribution in [2.75, 3.05) is 0 Å². The van der Waals surface area contributed by atoms with E-state index in [0.29, 0.717) is 16.8 Å². The minimum atomic E-state index is -2.66. The Labute approximate surface area is 304 Å². The van der Waals surface area contributed by atoms with Crippen molar-refractivity contribution in [1.29, 1.82) is 0 Å². The molecule has 7 atom stereocenters. The molecule has 0 spiro atoms. The van der Waals surface area contributed by atoms with E-state index in [1.807, 2.05) is 32.0 Å². The number of carbonyl (C=O) groups is 2. The number of ether oxygens (including phenoxy) is 3. The van der Waals surface area contributed by atoms with E-state index in [-0.39, 0.29) is 33.5 Å². The second-order valence-electron chi connectivity index (χ2n) is 12.9. The number of nitrogens with zero attached hydrogens (tertiary/aromatic N) is 1. The van der Waals surface area contributed by atoms with E-state index in [1.54, 1.807) is 30.6 Å². The van der Waals surface area contributed by atoms with Crippen LogP contribution in [0.25, 0.3) is 44.3 Å². The molecule has 0 bridgehead atoms. The van der Waals surface area contributed by atoms with Crippen LogP contribution in [-0.4, -0.2) is 95.4 Å². The summed E-state index contributed by atoms with van der Waals surface area (Å²) in [5, 5.41) is 62.5. The summed E-state index contributed by atoms with van der Waals surface area (Å²) in [5.41, 5.74) is 4.39.